The van der Waals surface area contributed by atoms with Crippen LogP contribution >= 0.6 is 0 Å². The van der Waals surface area contributed by atoms with Gasteiger partial charge in [0.2, 0.25) is 0 Å². The Morgan fingerprint density at radius 2 is 1.92 bits per heavy atom. The SMILES string of the molecule is CCC(C)C(=O)CC(NC)C(C)=O. The van der Waals surface area contributed by atoms with E-state index in [9.17, 15) is 9.59 Å². The van der Waals surface area contributed by atoms with Crippen LogP contribution in [0.4, 0.5) is 0 Å². The average Bonchev–Trinajstić information content (AvgIpc) is 2.11. The Balaban J connectivity index is 4.09. The third kappa shape index (κ3) is 4.18. The lowest BCUT2D eigenvalue weighted by Gasteiger charge is -2.14. The Bertz CT molecular complexity index is 189. The number of hydrogen-bond acceptors (Lipinski definition) is 3. The molecule has 0 saturated heterocycles. The van der Waals surface area contributed by atoms with Gasteiger partial charge < -0.3 is 5.32 Å². The largest absolute Gasteiger partial charge is 0.310 e. The maximum Gasteiger partial charge on any atom is 0.147 e. The molecule has 0 spiro atoms. The summed E-state index contributed by atoms with van der Waals surface area (Å²) in [4.78, 5) is 22.5. The van der Waals surface area contributed by atoms with Gasteiger partial charge in [0.1, 0.15) is 11.6 Å². The van der Waals surface area contributed by atoms with Gasteiger partial charge in [0.25, 0.3) is 0 Å². The Morgan fingerprint density at radius 1 is 1.38 bits per heavy atom. The van der Waals surface area contributed by atoms with E-state index in [4.69, 9.17) is 0 Å². The summed E-state index contributed by atoms with van der Waals surface area (Å²) in [7, 11) is 1.70. The zero-order valence-corrected chi connectivity index (χ0v) is 8.89. The lowest BCUT2D eigenvalue weighted by molar-refractivity contribution is -0.127. The molecule has 76 valence electrons. The Morgan fingerprint density at radius 3 is 2.23 bits per heavy atom. The van der Waals surface area contributed by atoms with Crippen molar-refractivity contribution in [3.63, 3.8) is 0 Å². The second-order valence-electron chi connectivity index (χ2n) is 3.43. The van der Waals surface area contributed by atoms with Crippen molar-refractivity contribution >= 4 is 11.6 Å². The molecule has 0 aliphatic carbocycles. The molecule has 0 amide bonds. The first-order valence-corrected chi connectivity index (χ1v) is 4.73. The minimum atomic E-state index is -0.304. The Labute approximate surface area is 79.9 Å². The summed E-state index contributed by atoms with van der Waals surface area (Å²) in [6.07, 6.45) is 1.16. The highest BCUT2D eigenvalue weighted by molar-refractivity contribution is 5.89. The van der Waals surface area contributed by atoms with Crippen LogP contribution in [0.3, 0.4) is 0 Å². The van der Waals surface area contributed by atoms with Crippen molar-refractivity contribution < 1.29 is 9.59 Å². The second-order valence-corrected chi connectivity index (χ2v) is 3.43. The van der Waals surface area contributed by atoms with Crippen LogP contribution in [0.15, 0.2) is 0 Å². The highest BCUT2D eigenvalue weighted by Crippen LogP contribution is 2.07. The Kier molecular flexibility index (Phi) is 5.55. The zero-order valence-electron chi connectivity index (χ0n) is 8.89. The van der Waals surface area contributed by atoms with Crippen molar-refractivity contribution in [1.29, 1.82) is 0 Å². The van der Waals surface area contributed by atoms with Gasteiger partial charge in [-0.25, -0.2) is 0 Å². The van der Waals surface area contributed by atoms with Crippen LogP contribution in [0.1, 0.15) is 33.6 Å². The summed E-state index contributed by atoms with van der Waals surface area (Å²) < 4.78 is 0. The third-order valence-corrected chi connectivity index (χ3v) is 2.41. The molecule has 0 aliphatic heterocycles. The summed E-state index contributed by atoms with van der Waals surface area (Å²) in [6.45, 7) is 5.38. The van der Waals surface area contributed by atoms with Gasteiger partial charge in [-0.2, -0.15) is 0 Å². The molecule has 0 aromatic rings. The van der Waals surface area contributed by atoms with Gasteiger partial charge in [0.15, 0.2) is 0 Å². The number of nitrogens with one attached hydrogen (secondary N) is 1. The molecular formula is C10H19NO2. The van der Waals surface area contributed by atoms with E-state index < -0.39 is 0 Å². The van der Waals surface area contributed by atoms with Crippen LogP contribution in [0.2, 0.25) is 0 Å². The van der Waals surface area contributed by atoms with Crippen LogP contribution in [-0.2, 0) is 9.59 Å². The van der Waals surface area contributed by atoms with Crippen molar-refractivity contribution in [2.45, 2.75) is 39.7 Å². The van der Waals surface area contributed by atoms with E-state index in [1.165, 1.54) is 6.92 Å². The molecule has 0 aromatic heterocycles. The summed E-state index contributed by atoms with van der Waals surface area (Å²) in [6, 6.07) is -0.304. The molecule has 0 bridgehead atoms. The van der Waals surface area contributed by atoms with Crippen molar-refractivity contribution in [3.8, 4) is 0 Å². The predicted molar refractivity (Wildman–Crippen MR) is 52.6 cm³/mol. The fraction of sp³-hybridized carbons (Fsp3) is 0.800. The molecule has 0 fully saturated rings. The smallest absolute Gasteiger partial charge is 0.147 e. The average molecular weight is 185 g/mol. The second kappa shape index (κ2) is 5.86. The van der Waals surface area contributed by atoms with Crippen LogP contribution in [0.5, 0.6) is 0 Å². The first kappa shape index (κ1) is 12.3. The molecule has 2 unspecified atom stereocenters. The minimum absolute atomic E-state index is 0.0270. The maximum atomic E-state index is 11.5. The van der Waals surface area contributed by atoms with Crippen molar-refractivity contribution in [2.75, 3.05) is 7.05 Å². The van der Waals surface area contributed by atoms with E-state index in [-0.39, 0.29) is 23.5 Å². The number of carbonyl (C=O) groups excluding carboxylic acids is 2. The number of rotatable bonds is 6. The van der Waals surface area contributed by atoms with E-state index in [1.54, 1.807) is 7.05 Å². The molecular weight excluding hydrogens is 166 g/mol. The van der Waals surface area contributed by atoms with Crippen molar-refractivity contribution in [3.05, 3.63) is 0 Å². The van der Waals surface area contributed by atoms with Gasteiger partial charge in [-0.3, -0.25) is 9.59 Å². The molecule has 0 saturated carbocycles. The molecule has 0 aliphatic rings. The van der Waals surface area contributed by atoms with E-state index >= 15 is 0 Å². The van der Waals surface area contributed by atoms with Gasteiger partial charge in [0, 0.05) is 12.3 Å². The molecule has 1 N–H and O–H groups in total. The molecule has 3 nitrogen and oxygen atoms in total. The topological polar surface area (TPSA) is 46.2 Å². The lowest BCUT2D eigenvalue weighted by atomic mass is 9.96. The molecule has 0 radical (unpaired) electrons. The number of likely N-dealkylation sites (N-methyl/N-ethyl adjacent to an activating group) is 1. The number of carbonyl (C=O) groups is 2. The fourth-order valence-electron chi connectivity index (χ4n) is 1.08. The first-order chi connectivity index (χ1) is 6.02. The number of ketones is 2. The monoisotopic (exact) mass is 185 g/mol. The molecule has 13 heavy (non-hydrogen) atoms. The van der Waals surface area contributed by atoms with Crippen LogP contribution in [0, 0.1) is 5.92 Å². The van der Waals surface area contributed by atoms with E-state index in [0.717, 1.165) is 6.42 Å². The molecule has 3 heteroatoms. The van der Waals surface area contributed by atoms with Gasteiger partial charge in [-0.1, -0.05) is 13.8 Å². The molecule has 0 heterocycles. The molecule has 0 aromatic carbocycles. The summed E-state index contributed by atoms with van der Waals surface area (Å²) in [5, 5.41) is 2.84. The maximum absolute atomic E-state index is 11.5. The lowest BCUT2D eigenvalue weighted by Crippen LogP contribution is -2.35. The van der Waals surface area contributed by atoms with Crippen LogP contribution in [-0.4, -0.2) is 24.7 Å². The number of hydrogen-bond donors (Lipinski definition) is 1. The zero-order chi connectivity index (χ0) is 10.4. The van der Waals surface area contributed by atoms with Crippen LogP contribution in [0.25, 0.3) is 0 Å². The summed E-state index contributed by atoms with van der Waals surface area (Å²) >= 11 is 0. The predicted octanol–water partition coefficient (Wildman–Crippen LogP) is 1.17. The quantitative estimate of drug-likeness (QED) is 0.675. The van der Waals surface area contributed by atoms with E-state index in [1.807, 2.05) is 13.8 Å². The van der Waals surface area contributed by atoms with E-state index in [2.05, 4.69) is 5.32 Å². The summed E-state index contributed by atoms with van der Waals surface area (Å²) in [5.74, 6) is 0.256. The first-order valence-electron chi connectivity index (χ1n) is 4.73. The van der Waals surface area contributed by atoms with E-state index in [0.29, 0.717) is 6.42 Å². The van der Waals surface area contributed by atoms with Gasteiger partial charge in [-0.05, 0) is 20.4 Å². The van der Waals surface area contributed by atoms with Gasteiger partial charge in [-0.15, -0.1) is 0 Å². The highest BCUT2D eigenvalue weighted by atomic mass is 16.1. The highest BCUT2D eigenvalue weighted by Gasteiger charge is 2.19. The fourth-order valence-corrected chi connectivity index (χ4v) is 1.08. The third-order valence-electron chi connectivity index (χ3n) is 2.41. The minimum Gasteiger partial charge on any atom is -0.310 e. The summed E-state index contributed by atoms with van der Waals surface area (Å²) in [5.41, 5.74) is 0. The molecule has 2 atom stereocenters. The Hall–Kier alpha value is -0.700. The van der Waals surface area contributed by atoms with Gasteiger partial charge in [0.05, 0.1) is 6.04 Å². The normalized spacial score (nSPS) is 15.1. The van der Waals surface area contributed by atoms with Gasteiger partial charge >= 0.3 is 0 Å². The van der Waals surface area contributed by atoms with Crippen molar-refractivity contribution in [1.82, 2.24) is 5.32 Å². The molecule has 0 rings (SSSR count). The number of Topliss-reactive ketones (excluding diaryl/α,β-unsaturated/α-hetero) is 2. The van der Waals surface area contributed by atoms with Crippen LogP contribution < -0.4 is 5.32 Å². The van der Waals surface area contributed by atoms with Crippen molar-refractivity contribution in [2.24, 2.45) is 5.92 Å². The standard InChI is InChI=1S/C10H19NO2/c1-5-7(2)10(13)6-9(11-4)8(3)12/h7,9,11H,5-6H2,1-4H3.